The molecule has 2 amide bonds. The predicted octanol–water partition coefficient (Wildman–Crippen LogP) is 1.93. The number of aryl methyl sites for hydroxylation is 1. The van der Waals surface area contributed by atoms with Gasteiger partial charge in [-0.2, -0.15) is 0 Å². The van der Waals surface area contributed by atoms with E-state index in [9.17, 15) is 9.59 Å². The standard InChI is InChI=1S/C15H21BrN2O3/c1-11-7-12(9-13(16)8-11)15(20)18(5-6-21-4)10-14(19)17(2)3/h7-9H,5-6,10H2,1-4H3. The molecule has 0 fully saturated rings. The third kappa shape index (κ3) is 5.47. The van der Waals surface area contributed by atoms with Crippen molar-refractivity contribution in [3.63, 3.8) is 0 Å². The Morgan fingerprint density at radius 1 is 1.24 bits per heavy atom. The average Bonchev–Trinajstić information content (AvgIpc) is 2.41. The van der Waals surface area contributed by atoms with E-state index < -0.39 is 0 Å². The summed E-state index contributed by atoms with van der Waals surface area (Å²) in [7, 11) is 4.91. The van der Waals surface area contributed by atoms with Crippen LogP contribution in [0.2, 0.25) is 0 Å². The quantitative estimate of drug-likeness (QED) is 0.782. The van der Waals surface area contributed by atoms with Crippen molar-refractivity contribution in [3.8, 4) is 0 Å². The van der Waals surface area contributed by atoms with E-state index in [1.165, 1.54) is 9.80 Å². The first kappa shape index (κ1) is 17.7. The monoisotopic (exact) mass is 356 g/mol. The maximum atomic E-state index is 12.6. The lowest BCUT2D eigenvalue weighted by atomic mass is 10.1. The number of amides is 2. The summed E-state index contributed by atoms with van der Waals surface area (Å²) in [4.78, 5) is 27.4. The van der Waals surface area contributed by atoms with E-state index in [4.69, 9.17) is 4.74 Å². The fraction of sp³-hybridized carbons (Fsp3) is 0.467. The Kier molecular flexibility index (Phi) is 6.84. The van der Waals surface area contributed by atoms with E-state index in [1.807, 2.05) is 19.1 Å². The molecule has 5 nitrogen and oxygen atoms in total. The third-order valence-electron chi connectivity index (χ3n) is 2.97. The molecule has 0 heterocycles. The number of benzene rings is 1. The smallest absolute Gasteiger partial charge is 0.254 e. The van der Waals surface area contributed by atoms with Gasteiger partial charge in [0, 0.05) is 37.8 Å². The van der Waals surface area contributed by atoms with Crippen molar-refractivity contribution in [2.75, 3.05) is 40.9 Å². The number of ether oxygens (including phenoxy) is 1. The van der Waals surface area contributed by atoms with Gasteiger partial charge in [0.05, 0.1) is 6.61 Å². The number of methoxy groups -OCH3 is 1. The van der Waals surface area contributed by atoms with Gasteiger partial charge in [-0.25, -0.2) is 0 Å². The van der Waals surface area contributed by atoms with Crippen molar-refractivity contribution in [1.82, 2.24) is 9.80 Å². The molecule has 0 atom stereocenters. The average molecular weight is 357 g/mol. The van der Waals surface area contributed by atoms with Crippen molar-refractivity contribution in [1.29, 1.82) is 0 Å². The molecule has 0 unspecified atom stereocenters. The summed E-state index contributed by atoms with van der Waals surface area (Å²) >= 11 is 3.39. The number of halogens is 1. The molecule has 0 N–H and O–H groups in total. The highest BCUT2D eigenvalue weighted by Crippen LogP contribution is 2.17. The fourth-order valence-electron chi connectivity index (χ4n) is 1.80. The van der Waals surface area contributed by atoms with Gasteiger partial charge in [0.2, 0.25) is 5.91 Å². The molecular weight excluding hydrogens is 336 g/mol. The van der Waals surface area contributed by atoms with E-state index in [0.29, 0.717) is 18.7 Å². The summed E-state index contributed by atoms with van der Waals surface area (Å²) in [6, 6.07) is 5.50. The number of rotatable bonds is 6. The Balaban J connectivity index is 2.95. The van der Waals surface area contributed by atoms with Gasteiger partial charge in [-0.1, -0.05) is 15.9 Å². The lowest BCUT2D eigenvalue weighted by Crippen LogP contribution is -2.41. The van der Waals surface area contributed by atoms with E-state index in [2.05, 4.69) is 15.9 Å². The van der Waals surface area contributed by atoms with Crippen molar-refractivity contribution in [3.05, 3.63) is 33.8 Å². The molecule has 0 aliphatic carbocycles. The first-order valence-corrected chi connectivity index (χ1v) is 7.40. The molecule has 0 spiro atoms. The minimum absolute atomic E-state index is 0.0424. The van der Waals surface area contributed by atoms with Crippen molar-refractivity contribution in [2.45, 2.75) is 6.92 Å². The Bertz CT molecular complexity index is 497. The number of nitrogens with zero attached hydrogens (tertiary/aromatic N) is 2. The molecule has 0 radical (unpaired) electrons. The Morgan fingerprint density at radius 3 is 2.43 bits per heavy atom. The molecule has 0 saturated carbocycles. The van der Waals surface area contributed by atoms with Crippen LogP contribution in [-0.4, -0.2) is 62.5 Å². The zero-order chi connectivity index (χ0) is 16.0. The molecule has 0 aliphatic heterocycles. The zero-order valence-corrected chi connectivity index (χ0v) is 14.4. The third-order valence-corrected chi connectivity index (χ3v) is 3.42. The molecular formula is C15H21BrN2O3. The number of hydrogen-bond acceptors (Lipinski definition) is 3. The second kappa shape index (κ2) is 8.14. The van der Waals surface area contributed by atoms with Crippen LogP contribution in [0.4, 0.5) is 0 Å². The van der Waals surface area contributed by atoms with Crippen molar-refractivity contribution >= 4 is 27.7 Å². The largest absolute Gasteiger partial charge is 0.383 e. The molecule has 0 bridgehead atoms. The van der Waals surface area contributed by atoms with Crippen LogP contribution in [0.3, 0.4) is 0 Å². The topological polar surface area (TPSA) is 49.9 Å². The lowest BCUT2D eigenvalue weighted by Gasteiger charge is -2.24. The van der Waals surface area contributed by atoms with Crippen LogP contribution in [-0.2, 0) is 9.53 Å². The van der Waals surface area contributed by atoms with Crippen molar-refractivity contribution < 1.29 is 14.3 Å². The number of hydrogen-bond donors (Lipinski definition) is 0. The number of carbonyl (C=O) groups is 2. The molecule has 1 aromatic rings. The number of carbonyl (C=O) groups excluding carboxylic acids is 2. The van der Waals surface area contributed by atoms with Gasteiger partial charge < -0.3 is 14.5 Å². The predicted molar refractivity (Wildman–Crippen MR) is 85.4 cm³/mol. The van der Waals surface area contributed by atoms with E-state index >= 15 is 0 Å². The summed E-state index contributed by atoms with van der Waals surface area (Å²) in [5.41, 5.74) is 1.54. The minimum Gasteiger partial charge on any atom is -0.383 e. The second-order valence-electron chi connectivity index (χ2n) is 5.02. The van der Waals surface area contributed by atoms with Gasteiger partial charge in [-0.05, 0) is 30.7 Å². The minimum atomic E-state index is -0.174. The Labute approximate surface area is 134 Å². The van der Waals surface area contributed by atoms with Crippen LogP contribution in [0, 0.1) is 6.92 Å². The van der Waals surface area contributed by atoms with Crippen LogP contribution in [0.1, 0.15) is 15.9 Å². The molecule has 1 rings (SSSR count). The van der Waals surface area contributed by atoms with Crippen LogP contribution in [0.5, 0.6) is 0 Å². The van der Waals surface area contributed by atoms with E-state index in [-0.39, 0.29) is 18.4 Å². The maximum absolute atomic E-state index is 12.6. The molecule has 0 aromatic heterocycles. The molecule has 0 saturated heterocycles. The highest BCUT2D eigenvalue weighted by Gasteiger charge is 2.20. The van der Waals surface area contributed by atoms with E-state index in [1.54, 1.807) is 27.3 Å². The highest BCUT2D eigenvalue weighted by molar-refractivity contribution is 9.10. The lowest BCUT2D eigenvalue weighted by molar-refractivity contribution is -0.129. The molecule has 6 heteroatoms. The summed E-state index contributed by atoms with van der Waals surface area (Å²) in [5.74, 6) is -0.294. The summed E-state index contributed by atoms with van der Waals surface area (Å²) < 4.78 is 5.86. The summed E-state index contributed by atoms with van der Waals surface area (Å²) in [5, 5.41) is 0. The van der Waals surface area contributed by atoms with E-state index in [0.717, 1.165) is 10.0 Å². The van der Waals surface area contributed by atoms with Crippen LogP contribution in [0.25, 0.3) is 0 Å². The van der Waals surface area contributed by atoms with Crippen LogP contribution < -0.4 is 0 Å². The van der Waals surface area contributed by atoms with Gasteiger partial charge >= 0.3 is 0 Å². The number of likely N-dealkylation sites (N-methyl/N-ethyl adjacent to an activating group) is 1. The summed E-state index contributed by atoms with van der Waals surface area (Å²) in [6.45, 7) is 2.73. The van der Waals surface area contributed by atoms with Crippen LogP contribution >= 0.6 is 15.9 Å². The highest BCUT2D eigenvalue weighted by atomic mass is 79.9. The van der Waals surface area contributed by atoms with Crippen LogP contribution in [0.15, 0.2) is 22.7 Å². The van der Waals surface area contributed by atoms with Gasteiger partial charge in [0.25, 0.3) is 5.91 Å². The molecule has 1 aromatic carbocycles. The fourth-order valence-corrected chi connectivity index (χ4v) is 2.41. The first-order chi connectivity index (χ1) is 9.85. The SMILES string of the molecule is COCCN(CC(=O)N(C)C)C(=O)c1cc(C)cc(Br)c1. The van der Waals surface area contributed by atoms with Crippen molar-refractivity contribution in [2.24, 2.45) is 0 Å². The van der Waals surface area contributed by atoms with Gasteiger partial charge in [0.1, 0.15) is 6.54 Å². The normalized spacial score (nSPS) is 10.3. The maximum Gasteiger partial charge on any atom is 0.254 e. The Morgan fingerprint density at radius 2 is 1.90 bits per heavy atom. The summed E-state index contributed by atoms with van der Waals surface area (Å²) in [6.07, 6.45) is 0. The van der Waals surface area contributed by atoms with Gasteiger partial charge in [-0.3, -0.25) is 9.59 Å². The van der Waals surface area contributed by atoms with Gasteiger partial charge in [0.15, 0.2) is 0 Å². The molecule has 21 heavy (non-hydrogen) atoms. The first-order valence-electron chi connectivity index (χ1n) is 6.60. The second-order valence-corrected chi connectivity index (χ2v) is 5.94. The molecule has 0 aliphatic rings. The zero-order valence-electron chi connectivity index (χ0n) is 12.9. The molecule has 116 valence electrons. The van der Waals surface area contributed by atoms with Gasteiger partial charge in [-0.15, -0.1) is 0 Å². The Hall–Kier alpha value is -1.40.